The van der Waals surface area contributed by atoms with Gasteiger partial charge in [0, 0.05) is 31.4 Å². The van der Waals surface area contributed by atoms with Crippen molar-refractivity contribution in [1.29, 1.82) is 0 Å². The van der Waals surface area contributed by atoms with Crippen molar-refractivity contribution in [3.05, 3.63) is 36.5 Å². The molecule has 2 heterocycles. The fourth-order valence-corrected chi connectivity index (χ4v) is 2.58. The van der Waals surface area contributed by atoms with E-state index in [4.69, 9.17) is 0 Å². The molecule has 1 aliphatic heterocycles. The van der Waals surface area contributed by atoms with E-state index in [0.717, 1.165) is 49.5 Å². The quantitative estimate of drug-likeness (QED) is 0.869. The van der Waals surface area contributed by atoms with E-state index in [1.807, 2.05) is 24.3 Å². The van der Waals surface area contributed by atoms with Gasteiger partial charge < -0.3 is 15.3 Å². The summed E-state index contributed by atoms with van der Waals surface area (Å²) in [6, 6.07) is 9.34. The standard InChI is InChI=1S/C15H18N4O/c20-14-6-1-4-12(13-5-2-8-17-18-13)15(14)19-10-3-7-16-9-11-19/h1-2,4-6,8,16,20H,3,7,9-11H2. The van der Waals surface area contributed by atoms with E-state index >= 15 is 0 Å². The molecule has 1 aliphatic rings. The van der Waals surface area contributed by atoms with Crippen LogP contribution in [0.2, 0.25) is 0 Å². The fourth-order valence-electron chi connectivity index (χ4n) is 2.58. The van der Waals surface area contributed by atoms with Gasteiger partial charge in [-0.1, -0.05) is 12.1 Å². The predicted octanol–water partition coefficient (Wildman–Crippen LogP) is 1.65. The van der Waals surface area contributed by atoms with Gasteiger partial charge in [0.15, 0.2) is 0 Å². The first-order valence-corrected chi connectivity index (χ1v) is 6.92. The molecule has 0 aliphatic carbocycles. The van der Waals surface area contributed by atoms with Gasteiger partial charge in [-0.3, -0.25) is 0 Å². The average Bonchev–Trinajstić information content (AvgIpc) is 2.77. The third-order valence-electron chi connectivity index (χ3n) is 3.52. The van der Waals surface area contributed by atoms with Crippen LogP contribution in [0, 0.1) is 0 Å². The molecule has 1 aromatic heterocycles. The molecular weight excluding hydrogens is 252 g/mol. The molecular formula is C15H18N4O. The molecule has 0 atom stereocenters. The van der Waals surface area contributed by atoms with Crippen molar-refractivity contribution < 1.29 is 5.11 Å². The van der Waals surface area contributed by atoms with Crippen molar-refractivity contribution >= 4 is 5.69 Å². The maximum absolute atomic E-state index is 10.3. The summed E-state index contributed by atoms with van der Waals surface area (Å²) in [5.41, 5.74) is 2.58. The lowest BCUT2D eigenvalue weighted by molar-refractivity contribution is 0.474. The monoisotopic (exact) mass is 270 g/mol. The Morgan fingerprint density at radius 2 is 2.05 bits per heavy atom. The van der Waals surface area contributed by atoms with Crippen LogP contribution in [0.25, 0.3) is 11.3 Å². The second-order valence-electron chi connectivity index (χ2n) is 4.87. The number of anilines is 1. The van der Waals surface area contributed by atoms with Crippen LogP contribution in [-0.4, -0.2) is 41.5 Å². The van der Waals surface area contributed by atoms with E-state index < -0.39 is 0 Å². The SMILES string of the molecule is Oc1cccc(-c2cccnn2)c1N1CCCNCC1. The fraction of sp³-hybridized carbons (Fsp3) is 0.333. The highest BCUT2D eigenvalue weighted by atomic mass is 16.3. The number of nitrogens with one attached hydrogen (secondary N) is 1. The first-order valence-electron chi connectivity index (χ1n) is 6.92. The van der Waals surface area contributed by atoms with Gasteiger partial charge in [0.25, 0.3) is 0 Å². The van der Waals surface area contributed by atoms with E-state index in [0.29, 0.717) is 5.75 Å². The minimum atomic E-state index is 0.301. The highest BCUT2D eigenvalue weighted by molar-refractivity contribution is 5.81. The number of phenolic OH excluding ortho intramolecular Hbond substituents is 1. The number of nitrogens with zero attached hydrogens (tertiary/aromatic N) is 3. The third kappa shape index (κ3) is 2.58. The second kappa shape index (κ2) is 5.88. The van der Waals surface area contributed by atoms with E-state index in [2.05, 4.69) is 20.4 Å². The van der Waals surface area contributed by atoms with Crippen molar-refractivity contribution in [2.45, 2.75) is 6.42 Å². The van der Waals surface area contributed by atoms with Crippen LogP contribution in [0.3, 0.4) is 0 Å². The number of benzene rings is 1. The summed E-state index contributed by atoms with van der Waals surface area (Å²) in [5.74, 6) is 0.301. The molecule has 2 N–H and O–H groups in total. The van der Waals surface area contributed by atoms with Crippen LogP contribution in [0.1, 0.15) is 6.42 Å². The summed E-state index contributed by atoms with van der Waals surface area (Å²) in [5, 5.41) is 21.8. The Morgan fingerprint density at radius 3 is 2.90 bits per heavy atom. The van der Waals surface area contributed by atoms with Crippen molar-refractivity contribution in [2.75, 3.05) is 31.1 Å². The van der Waals surface area contributed by atoms with Gasteiger partial charge in [-0.05, 0) is 31.2 Å². The molecule has 20 heavy (non-hydrogen) atoms. The zero-order valence-electron chi connectivity index (χ0n) is 11.3. The number of aromatic hydroxyl groups is 1. The number of phenols is 1. The molecule has 0 radical (unpaired) electrons. The minimum Gasteiger partial charge on any atom is -0.506 e. The van der Waals surface area contributed by atoms with Crippen LogP contribution < -0.4 is 10.2 Å². The molecule has 5 heteroatoms. The lowest BCUT2D eigenvalue weighted by atomic mass is 10.1. The molecule has 0 saturated carbocycles. The molecule has 104 valence electrons. The Morgan fingerprint density at radius 1 is 1.10 bits per heavy atom. The second-order valence-corrected chi connectivity index (χ2v) is 4.87. The van der Waals surface area contributed by atoms with Gasteiger partial charge in [-0.2, -0.15) is 10.2 Å². The highest BCUT2D eigenvalue weighted by Gasteiger charge is 2.18. The van der Waals surface area contributed by atoms with Crippen molar-refractivity contribution in [3.8, 4) is 17.0 Å². The zero-order valence-corrected chi connectivity index (χ0v) is 11.3. The Hall–Kier alpha value is -2.14. The molecule has 2 aromatic rings. The number of hydrogen-bond acceptors (Lipinski definition) is 5. The Balaban J connectivity index is 2.04. The summed E-state index contributed by atoms with van der Waals surface area (Å²) >= 11 is 0. The van der Waals surface area contributed by atoms with Gasteiger partial charge in [-0.25, -0.2) is 0 Å². The number of aromatic nitrogens is 2. The first-order chi connectivity index (χ1) is 9.86. The third-order valence-corrected chi connectivity index (χ3v) is 3.52. The molecule has 1 fully saturated rings. The minimum absolute atomic E-state index is 0.301. The van der Waals surface area contributed by atoms with Gasteiger partial charge in [-0.15, -0.1) is 0 Å². The molecule has 0 amide bonds. The predicted molar refractivity (Wildman–Crippen MR) is 78.8 cm³/mol. The van der Waals surface area contributed by atoms with E-state index in [1.54, 1.807) is 12.3 Å². The van der Waals surface area contributed by atoms with E-state index in [-0.39, 0.29) is 0 Å². The summed E-state index contributed by atoms with van der Waals surface area (Å²) < 4.78 is 0. The van der Waals surface area contributed by atoms with Gasteiger partial charge in [0.05, 0.1) is 11.4 Å². The smallest absolute Gasteiger partial charge is 0.139 e. The summed E-state index contributed by atoms with van der Waals surface area (Å²) in [4.78, 5) is 2.22. The summed E-state index contributed by atoms with van der Waals surface area (Å²) in [6.45, 7) is 3.75. The van der Waals surface area contributed by atoms with Crippen LogP contribution in [0.4, 0.5) is 5.69 Å². The van der Waals surface area contributed by atoms with Crippen molar-refractivity contribution in [2.24, 2.45) is 0 Å². The van der Waals surface area contributed by atoms with E-state index in [9.17, 15) is 5.11 Å². The lowest BCUT2D eigenvalue weighted by Gasteiger charge is -2.25. The number of para-hydroxylation sites is 1. The topological polar surface area (TPSA) is 61.3 Å². The van der Waals surface area contributed by atoms with Crippen LogP contribution in [0.15, 0.2) is 36.5 Å². The summed E-state index contributed by atoms with van der Waals surface area (Å²) in [7, 11) is 0. The van der Waals surface area contributed by atoms with Crippen LogP contribution in [-0.2, 0) is 0 Å². The van der Waals surface area contributed by atoms with Gasteiger partial charge in [0.1, 0.15) is 5.75 Å². The Bertz CT molecular complexity index is 565. The lowest BCUT2D eigenvalue weighted by Crippen LogP contribution is -2.28. The maximum atomic E-state index is 10.3. The number of hydrogen-bond donors (Lipinski definition) is 2. The van der Waals surface area contributed by atoms with Crippen molar-refractivity contribution in [1.82, 2.24) is 15.5 Å². The maximum Gasteiger partial charge on any atom is 0.139 e. The van der Waals surface area contributed by atoms with Crippen LogP contribution >= 0.6 is 0 Å². The van der Waals surface area contributed by atoms with Gasteiger partial charge >= 0.3 is 0 Å². The number of rotatable bonds is 2. The molecule has 1 aromatic carbocycles. The summed E-state index contributed by atoms with van der Waals surface area (Å²) in [6.07, 6.45) is 2.72. The highest BCUT2D eigenvalue weighted by Crippen LogP contribution is 2.37. The van der Waals surface area contributed by atoms with Gasteiger partial charge in [0.2, 0.25) is 0 Å². The Kier molecular flexibility index (Phi) is 3.78. The molecule has 3 rings (SSSR count). The molecule has 0 spiro atoms. The molecule has 5 nitrogen and oxygen atoms in total. The first kappa shape index (κ1) is 12.9. The zero-order chi connectivity index (χ0) is 13.8. The largest absolute Gasteiger partial charge is 0.506 e. The average molecular weight is 270 g/mol. The van der Waals surface area contributed by atoms with Crippen LogP contribution in [0.5, 0.6) is 5.75 Å². The van der Waals surface area contributed by atoms with Crippen molar-refractivity contribution in [3.63, 3.8) is 0 Å². The van der Waals surface area contributed by atoms with E-state index in [1.165, 1.54) is 0 Å². The molecule has 1 saturated heterocycles. The molecule has 0 bridgehead atoms. The normalized spacial score (nSPS) is 15.9. The Labute approximate surface area is 118 Å². The molecule has 0 unspecified atom stereocenters.